The normalized spacial score (nSPS) is 16.7. The minimum absolute atomic E-state index is 0.0461. The van der Waals surface area contributed by atoms with E-state index in [1.165, 1.54) is 12.1 Å². The predicted octanol–water partition coefficient (Wildman–Crippen LogP) is 5.63. The van der Waals surface area contributed by atoms with Crippen molar-refractivity contribution >= 4 is 46.0 Å². The molecule has 0 saturated heterocycles. The largest absolute Gasteiger partial charge is 0.418 e. The number of para-hydroxylation sites is 1. The van der Waals surface area contributed by atoms with Crippen LogP contribution in [0.4, 0.5) is 22.4 Å². The van der Waals surface area contributed by atoms with E-state index in [9.17, 15) is 31.9 Å². The predicted molar refractivity (Wildman–Crippen MR) is 181 cm³/mol. The number of benzene rings is 2. The summed E-state index contributed by atoms with van der Waals surface area (Å²) in [6.45, 7) is 7.75. The molecule has 0 aliphatic heterocycles. The van der Waals surface area contributed by atoms with Gasteiger partial charge in [0.15, 0.2) is 0 Å². The third-order valence-corrected chi connectivity index (χ3v) is 9.17. The van der Waals surface area contributed by atoms with Crippen LogP contribution in [0, 0.1) is 23.6 Å². The van der Waals surface area contributed by atoms with Crippen molar-refractivity contribution in [3.05, 3.63) is 70.7 Å². The SMILES string of the molecule is CCC(C)[C@H](NC(=O)C1CCc2[nH]c3c(C(F)(F)F)cccc3c2C1)C(N)=S.CCC(C)[C@H](NC(=O)NCc1ccccc1F)C(N)=O. The molecule has 1 heterocycles. The topological polar surface area (TPSA) is 155 Å². The van der Waals surface area contributed by atoms with Crippen molar-refractivity contribution in [1.82, 2.24) is 20.9 Å². The lowest BCUT2D eigenvalue weighted by molar-refractivity contribution is -0.136. The highest BCUT2D eigenvalue weighted by Gasteiger charge is 2.36. The number of hydrogen-bond acceptors (Lipinski definition) is 4. The van der Waals surface area contributed by atoms with Crippen LogP contribution in [0.25, 0.3) is 10.9 Å². The van der Waals surface area contributed by atoms with Crippen LogP contribution in [0.2, 0.25) is 0 Å². The Morgan fingerprint density at radius 1 is 0.979 bits per heavy atom. The van der Waals surface area contributed by atoms with Crippen LogP contribution < -0.4 is 27.4 Å². The highest BCUT2D eigenvalue weighted by Crippen LogP contribution is 2.39. The minimum atomic E-state index is -4.43. The lowest BCUT2D eigenvalue weighted by Gasteiger charge is -2.27. The van der Waals surface area contributed by atoms with Gasteiger partial charge < -0.3 is 32.4 Å². The van der Waals surface area contributed by atoms with Crippen LogP contribution in [0.15, 0.2) is 42.5 Å². The minimum Gasteiger partial charge on any atom is -0.392 e. The number of aromatic nitrogens is 1. The Bertz CT molecular complexity index is 1610. The summed E-state index contributed by atoms with van der Waals surface area (Å²) in [6.07, 6.45) is -1.41. The Morgan fingerprint density at radius 3 is 2.21 bits per heavy atom. The second-order valence-electron chi connectivity index (χ2n) is 12.2. The zero-order chi connectivity index (χ0) is 35.8. The number of urea groups is 1. The first kappa shape index (κ1) is 38.2. The van der Waals surface area contributed by atoms with E-state index in [1.807, 2.05) is 27.7 Å². The molecule has 9 nitrogen and oxygen atoms in total. The molecule has 4 rings (SSSR count). The van der Waals surface area contributed by atoms with Crippen molar-refractivity contribution in [2.45, 2.75) is 84.6 Å². The quantitative estimate of drug-likeness (QED) is 0.114. The molecule has 262 valence electrons. The average molecular weight is 693 g/mol. The molecule has 0 radical (unpaired) electrons. The standard InChI is InChI=1S/C20H24F3N3OS.C14H20FN3O2/c1-3-10(2)16(18(24)28)26-19(27)11-7-8-15-13(9-11)12-5-4-6-14(17(12)25-15)20(21,22)23;1-3-9(2)12(13(16)19)18-14(20)17-8-10-6-4-5-7-11(10)15/h4-6,10-11,16,25H,3,7-9H2,1-2H3,(H2,24,28)(H,26,27);4-7,9,12H,3,8H2,1-2H3,(H2,16,19)(H2,17,18,20)/t10?,11?,16-;9?,12-/m00/s1. The fourth-order valence-corrected chi connectivity index (χ4v) is 5.93. The highest BCUT2D eigenvalue weighted by molar-refractivity contribution is 7.80. The molecule has 0 bridgehead atoms. The molecule has 4 amide bonds. The number of carbonyl (C=O) groups excluding carboxylic acids is 3. The summed E-state index contributed by atoms with van der Waals surface area (Å²) in [6, 6.07) is 8.66. The van der Waals surface area contributed by atoms with E-state index in [0.717, 1.165) is 23.7 Å². The number of amides is 4. The van der Waals surface area contributed by atoms with Gasteiger partial charge in [0, 0.05) is 29.1 Å². The van der Waals surface area contributed by atoms with Gasteiger partial charge in [-0.1, -0.05) is 83.1 Å². The van der Waals surface area contributed by atoms with E-state index in [1.54, 1.807) is 24.3 Å². The van der Waals surface area contributed by atoms with E-state index < -0.39 is 29.7 Å². The third kappa shape index (κ3) is 9.68. The van der Waals surface area contributed by atoms with Crippen LogP contribution in [0.3, 0.4) is 0 Å². The zero-order valence-corrected chi connectivity index (χ0v) is 28.3. The van der Waals surface area contributed by atoms with E-state index in [-0.39, 0.29) is 52.6 Å². The Morgan fingerprint density at radius 2 is 1.62 bits per heavy atom. The molecule has 1 aromatic heterocycles. The van der Waals surface area contributed by atoms with Gasteiger partial charge in [0.05, 0.1) is 22.1 Å². The Kier molecular flexibility index (Phi) is 13.4. The maximum absolute atomic E-state index is 13.4. The molecule has 0 fully saturated rings. The van der Waals surface area contributed by atoms with Gasteiger partial charge in [0.1, 0.15) is 11.9 Å². The van der Waals surface area contributed by atoms with Crippen molar-refractivity contribution in [2.24, 2.45) is 29.2 Å². The summed E-state index contributed by atoms with van der Waals surface area (Å²) in [4.78, 5) is 39.0. The Hall–Kier alpha value is -4.20. The number of carbonyl (C=O) groups is 3. The number of nitrogens with one attached hydrogen (secondary N) is 4. The van der Waals surface area contributed by atoms with Gasteiger partial charge in [-0.2, -0.15) is 13.2 Å². The molecule has 0 saturated carbocycles. The van der Waals surface area contributed by atoms with Crippen molar-refractivity contribution in [2.75, 3.05) is 0 Å². The monoisotopic (exact) mass is 692 g/mol. The summed E-state index contributed by atoms with van der Waals surface area (Å²) in [5.74, 6) is -1.39. The molecule has 1 aliphatic rings. The number of aryl methyl sites for hydroxylation is 1. The van der Waals surface area contributed by atoms with Crippen LogP contribution in [-0.4, -0.2) is 39.9 Å². The second-order valence-corrected chi connectivity index (χ2v) is 12.7. The molecule has 48 heavy (non-hydrogen) atoms. The third-order valence-electron chi connectivity index (χ3n) is 8.92. The maximum Gasteiger partial charge on any atom is 0.418 e. The van der Waals surface area contributed by atoms with Crippen molar-refractivity contribution < 1.29 is 31.9 Å². The number of thiocarbonyl (C=S) groups is 1. The van der Waals surface area contributed by atoms with E-state index in [2.05, 4.69) is 20.9 Å². The molecule has 3 unspecified atom stereocenters. The summed E-state index contributed by atoms with van der Waals surface area (Å²) in [5.41, 5.74) is 12.4. The number of fused-ring (bicyclic) bond motifs is 3. The molecule has 2 aromatic carbocycles. The maximum atomic E-state index is 13.4. The number of rotatable bonds is 11. The van der Waals surface area contributed by atoms with Crippen molar-refractivity contribution in [3.63, 3.8) is 0 Å². The fourth-order valence-electron chi connectivity index (χ4n) is 5.64. The molecule has 14 heteroatoms. The smallest absolute Gasteiger partial charge is 0.392 e. The van der Waals surface area contributed by atoms with E-state index >= 15 is 0 Å². The summed E-state index contributed by atoms with van der Waals surface area (Å²) in [7, 11) is 0. The number of nitrogens with two attached hydrogens (primary N) is 2. The lowest BCUT2D eigenvalue weighted by atomic mass is 9.85. The Balaban J connectivity index is 0.000000277. The lowest BCUT2D eigenvalue weighted by Crippen LogP contribution is -2.51. The van der Waals surface area contributed by atoms with Crippen molar-refractivity contribution in [1.29, 1.82) is 0 Å². The second kappa shape index (κ2) is 16.8. The first-order valence-corrected chi connectivity index (χ1v) is 16.4. The van der Waals surface area contributed by atoms with Crippen molar-refractivity contribution in [3.8, 4) is 0 Å². The van der Waals surface area contributed by atoms with Crippen LogP contribution >= 0.6 is 12.2 Å². The average Bonchev–Trinajstić information content (AvgIpc) is 3.42. The van der Waals surface area contributed by atoms with Gasteiger partial charge in [0.25, 0.3) is 0 Å². The molecule has 8 N–H and O–H groups in total. The van der Waals surface area contributed by atoms with Crippen LogP contribution in [0.1, 0.15) is 69.3 Å². The van der Waals surface area contributed by atoms with Gasteiger partial charge >= 0.3 is 12.2 Å². The first-order chi connectivity index (χ1) is 22.6. The molecule has 0 spiro atoms. The summed E-state index contributed by atoms with van der Waals surface area (Å²) in [5, 5.41) is 8.50. The van der Waals surface area contributed by atoms with Crippen LogP contribution in [-0.2, 0) is 35.2 Å². The molecule has 1 aliphatic carbocycles. The number of hydrogen-bond donors (Lipinski definition) is 6. The number of H-pyrrole nitrogens is 1. The molecular weight excluding hydrogens is 648 g/mol. The molecular formula is C34H44F4N6O3S. The summed E-state index contributed by atoms with van der Waals surface area (Å²) < 4.78 is 53.3. The highest BCUT2D eigenvalue weighted by atomic mass is 32.1. The number of primary amides is 1. The first-order valence-electron chi connectivity index (χ1n) is 15.9. The van der Waals surface area contributed by atoms with Gasteiger partial charge in [-0.15, -0.1) is 0 Å². The Labute approximate surface area is 283 Å². The van der Waals surface area contributed by atoms with Gasteiger partial charge in [-0.3, -0.25) is 9.59 Å². The van der Waals surface area contributed by atoms with Gasteiger partial charge in [-0.25, -0.2) is 9.18 Å². The van der Waals surface area contributed by atoms with Gasteiger partial charge in [-0.05, 0) is 48.8 Å². The number of alkyl halides is 3. The molecule has 5 atom stereocenters. The zero-order valence-electron chi connectivity index (χ0n) is 27.5. The summed E-state index contributed by atoms with van der Waals surface area (Å²) >= 11 is 5.09. The van der Waals surface area contributed by atoms with Crippen LogP contribution in [0.5, 0.6) is 0 Å². The molecule has 3 aromatic rings. The van der Waals surface area contributed by atoms with E-state index in [0.29, 0.717) is 36.6 Å². The van der Waals surface area contributed by atoms with E-state index in [4.69, 9.17) is 23.7 Å². The van der Waals surface area contributed by atoms with Gasteiger partial charge in [0.2, 0.25) is 11.8 Å². The fraction of sp³-hybridized carbons (Fsp3) is 0.471. The number of aromatic amines is 1. The number of halogens is 4.